The molecule has 0 atom stereocenters. The van der Waals surface area contributed by atoms with E-state index in [-0.39, 0.29) is 5.91 Å². The molecule has 0 saturated heterocycles. The molecule has 3 rings (SSSR count). The number of benzene rings is 2. The molecule has 0 aliphatic heterocycles. The van der Waals surface area contributed by atoms with Gasteiger partial charge in [-0.3, -0.25) is 4.79 Å². The van der Waals surface area contributed by atoms with Gasteiger partial charge in [-0.1, -0.05) is 18.2 Å². The van der Waals surface area contributed by atoms with Crippen LogP contribution in [0.1, 0.15) is 21.7 Å². The maximum absolute atomic E-state index is 12.6. The standard InChI is InChI=1S/C20H21N3O3/c1-14-12-19(22-23(14)16-8-10-17(26-3)11-9-16)20(24)21-18-7-5-4-6-15(18)13-25-2/h4-12H,13H2,1-3H3,(H,21,24). The Morgan fingerprint density at radius 1 is 1.12 bits per heavy atom. The lowest BCUT2D eigenvalue weighted by molar-refractivity contribution is 0.102. The fourth-order valence-electron chi connectivity index (χ4n) is 2.68. The predicted molar refractivity (Wildman–Crippen MR) is 100.0 cm³/mol. The van der Waals surface area contributed by atoms with Gasteiger partial charge in [0.15, 0.2) is 5.69 Å². The van der Waals surface area contributed by atoms with Crippen molar-refractivity contribution in [1.29, 1.82) is 0 Å². The van der Waals surface area contributed by atoms with Gasteiger partial charge in [0.05, 0.1) is 19.4 Å². The second-order valence-corrected chi connectivity index (χ2v) is 5.83. The van der Waals surface area contributed by atoms with Gasteiger partial charge in [0, 0.05) is 24.1 Å². The van der Waals surface area contributed by atoms with Crippen molar-refractivity contribution < 1.29 is 14.3 Å². The molecule has 0 saturated carbocycles. The first-order valence-corrected chi connectivity index (χ1v) is 8.21. The van der Waals surface area contributed by atoms with Crippen LogP contribution in [0.25, 0.3) is 5.69 Å². The average Bonchev–Trinajstić information content (AvgIpc) is 3.05. The van der Waals surface area contributed by atoms with Crippen molar-refractivity contribution in [1.82, 2.24) is 9.78 Å². The molecule has 26 heavy (non-hydrogen) atoms. The summed E-state index contributed by atoms with van der Waals surface area (Å²) >= 11 is 0. The second kappa shape index (κ2) is 7.84. The number of rotatable bonds is 6. The highest BCUT2D eigenvalue weighted by atomic mass is 16.5. The Labute approximate surface area is 152 Å². The zero-order valence-electron chi connectivity index (χ0n) is 15.0. The highest BCUT2D eigenvalue weighted by Crippen LogP contribution is 2.19. The number of hydrogen-bond acceptors (Lipinski definition) is 4. The quantitative estimate of drug-likeness (QED) is 0.737. The zero-order valence-corrected chi connectivity index (χ0v) is 15.0. The lowest BCUT2D eigenvalue weighted by atomic mass is 10.2. The summed E-state index contributed by atoms with van der Waals surface area (Å²) in [5.74, 6) is 0.509. The summed E-state index contributed by atoms with van der Waals surface area (Å²) in [6.07, 6.45) is 0. The highest BCUT2D eigenvalue weighted by molar-refractivity contribution is 6.03. The minimum absolute atomic E-state index is 0.260. The van der Waals surface area contributed by atoms with E-state index in [0.29, 0.717) is 12.3 Å². The third kappa shape index (κ3) is 3.75. The van der Waals surface area contributed by atoms with Crippen molar-refractivity contribution in [2.75, 3.05) is 19.5 Å². The van der Waals surface area contributed by atoms with Crippen molar-refractivity contribution in [2.24, 2.45) is 0 Å². The molecule has 1 heterocycles. The van der Waals surface area contributed by atoms with E-state index in [1.807, 2.05) is 55.5 Å². The molecule has 0 unspecified atom stereocenters. The van der Waals surface area contributed by atoms with Crippen LogP contribution < -0.4 is 10.1 Å². The molecule has 1 aromatic heterocycles. The molecule has 0 radical (unpaired) electrons. The third-order valence-corrected chi connectivity index (χ3v) is 4.00. The van der Waals surface area contributed by atoms with Crippen molar-refractivity contribution in [3.8, 4) is 11.4 Å². The number of para-hydroxylation sites is 1. The summed E-state index contributed by atoms with van der Waals surface area (Å²) in [6, 6.07) is 16.8. The Morgan fingerprint density at radius 2 is 1.85 bits per heavy atom. The van der Waals surface area contributed by atoms with Crippen LogP contribution in [0.3, 0.4) is 0 Å². The monoisotopic (exact) mass is 351 g/mol. The summed E-state index contributed by atoms with van der Waals surface area (Å²) in [4.78, 5) is 12.6. The molecule has 6 heteroatoms. The van der Waals surface area contributed by atoms with E-state index in [2.05, 4.69) is 10.4 Å². The first-order valence-electron chi connectivity index (χ1n) is 8.21. The SMILES string of the molecule is COCc1ccccc1NC(=O)c1cc(C)n(-c2ccc(OC)cc2)n1. The number of carbonyl (C=O) groups is 1. The molecule has 3 aromatic rings. The van der Waals surface area contributed by atoms with Crippen LogP contribution in [-0.2, 0) is 11.3 Å². The van der Waals surface area contributed by atoms with E-state index in [4.69, 9.17) is 9.47 Å². The number of methoxy groups -OCH3 is 2. The normalized spacial score (nSPS) is 10.6. The number of amides is 1. The smallest absolute Gasteiger partial charge is 0.276 e. The van der Waals surface area contributed by atoms with Crippen LogP contribution in [0.5, 0.6) is 5.75 Å². The number of nitrogens with one attached hydrogen (secondary N) is 1. The maximum atomic E-state index is 12.6. The summed E-state index contributed by atoms with van der Waals surface area (Å²) in [7, 11) is 3.25. The second-order valence-electron chi connectivity index (χ2n) is 5.83. The Morgan fingerprint density at radius 3 is 2.54 bits per heavy atom. The van der Waals surface area contributed by atoms with Gasteiger partial charge in [-0.05, 0) is 43.3 Å². The Kier molecular flexibility index (Phi) is 5.34. The summed E-state index contributed by atoms with van der Waals surface area (Å²) in [5.41, 5.74) is 3.71. The number of ether oxygens (including phenoxy) is 2. The lowest BCUT2D eigenvalue weighted by Crippen LogP contribution is -2.14. The number of nitrogens with zero attached hydrogens (tertiary/aromatic N) is 2. The summed E-state index contributed by atoms with van der Waals surface area (Å²) in [6.45, 7) is 2.34. The Bertz CT molecular complexity index is 901. The van der Waals surface area contributed by atoms with Gasteiger partial charge in [0.25, 0.3) is 5.91 Å². The highest BCUT2D eigenvalue weighted by Gasteiger charge is 2.15. The largest absolute Gasteiger partial charge is 0.497 e. The minimum atomic E-state index is -0.260. The number of aryl methyl sites for hydroxylation is 1. The van der Waals surface area contributed by atoms with Gasteiger partial charge >= 0.3 is 0 Å². The topological polar surface area (TPSA) is 65.4 Å². The molecule has 1 amide bonds. The Balaban J connectivity index is 1.83. The number of aromatic nitrogens is 2. The van der Waals surface area contributed by atoms with Crippen molar-refractivity contribution in [3.05, 3.63) is 71.5 Å². The van der Waals surface area contributed by atoms with Crippen LogP contribution in [-0.4, -0.2) is 29.9 Å². The summed E-state index contributed by atoms with van der Waals surface area (Å²) in [5, 5.41) is 7.35. The fourth-order valence-corrected chi connectivity index (χ4v) is 2.68. The third-order valence-electron chi connectivity index (χ3n) is 4.00. The maximum Gasteiger partial charge on any atom is 0.276 e. The van der Waals surface area contributed by atoms with Crippen LogP contribution in [0.15, 0.2) is 54.6 Å². The van der Waals surface area contributed by atoms with Gasteiger partial charge in [-0.25, -0.2) is 4.68 Å². The molecule has 0 fully saturated rings. The van der Waals surface area contributed by atoms with Crippen LogP contribution in [0.2, 0.25) is 0 Å². The van der Waals surface area contributed by atoms with Gasteiger partial charge in [0.2, 0.25) is 0 Å². The molecule has 2 aromatic carbocycles. The van der Waals surface area contributed by atoms with Crippen molar-refractivity contribution in [2.45, 2.75) is 13.5 Å². The van der Waals surface area contributed by atoms with Crippen molar-refractivity contribution in [3.63, 3.8) is 0 Å². The van der Waals surface area contributed by atoms with E-state index in [0.717, 1.165) is 28.4 Å². The predicted octanol–water partition coefficient (Wildman–Crippen LogP) is 3.59. The minimum Gasteiger partial charge on any atom is -0.497 e. The first-order chi connectivity index (χ1) is 12.6. The molecular formula is C20H21N3O3. The van der Waals surface area contributed by atoms with E-state index in [1.54, 1.807) is 25.0 Å². The molecule has 134 valence electrons. The van der Waals surface area contributed by atoms with E-state index < -0.39 is 0 Å². The van der Waals surface area contributed by atoms with E-state index >= 15 is 0 Å². The fraction of sp³-hybridized carbons (Fsp3) is 0.200. The molecule has 0 spiro atoms. The van der Waals surface area contributed by atoms with Crippen LogP contribution in [0, 0.1) is 6.92 Å². The van der Waals surface area contributed by atoms with Gasteiger partial charge < -0.3 is 14.8 Å². The molecule has 1 N–H and O–H groups in total. The summed E-state index contributed by atoms with van der Waals surface area (Å²) < 4.78 is 12.1. The number of carbonyl (C=O) groups excluding carboxylic acids is 1. The molecule has 0 aliphatic rings. The molecular weight excluding hydrogens is 330 g/mol. The molecule has 6 nitrogen and oxygen atoms in total. The average molecular weight is 351 g/mol. The van der Waals surface area contributed by atoms with Gasteiger partial charge in [-0.2, -0.15) is 5.10 Å². The Hall–Kier alpha value is -3.12. The molecule has 0 bridgehead atoms. The number of anilines is 1. The van der Waals surface area contributed by atoms with E-state index in [1.165, 1.54) is 0 Å². The van der Waals surface area contributed by atoms with Crippen LogP contribution >= 0.6 is 0 Å². The first kappa shape index (κ1) is 17.7. The lowest BCUT2D eigenvalue weighted by Gasteiger charge is -2.09. The van der Waals surface area contributed by atoms with Gasteiger partial charge in [-0.15, -0.1) is 0 Å². The van der Waals surface area contributed by atoms with Crippen molar-refractivity contribution >= 4 is 11.6 Å². The van der Waals surface area contributed by atoms with Crippen LogP contribution in [0.4, 0.5) is 5.69 Å². The zero-order chi connectivity index (χ0) is 18.5. The molecule has 0 aliphatic carbocycles. The van der Waals surface area contributed by atoms with Gasteiger partial charge in [0.1, 0.15) is 5.75 Å². The van der Waals surface area contributed by atoms with E-state index in [9.17, 15) is 4.79 Å². The number of hydrogen-bond donors (Lipinski definition) is 1.